The van der Waals surface area contributed by atoms with Crippen LogP contribution in [-0.4, -0.2) is 11.1 Å². The summed E-state index contributed by atoms with van der Waals surface area (Å²) in [6.07, 6.45) is 0.925. The van der Waals surface area contributed by atoms with Gasteiger partial charge >= 0.3 is 0 Å². The summed E-state index contributed by atoms with van der Waals surface area (Å²) in [7, 11) is 0. The van der Waals surface area contributed by atoms with Gasteiger partial charge in [-0.05, 0) is 0 Å². The largest absolute Gasteiger partial charge is 0.397 e. The van der Waals surface area contributed by atoms with E-state index in [1.165, 1.54) is 6.07 Å². The van der Waals surface area contributed by atoms with Crippen molar-refractivity contribution in [3.63, 3.8) is 0 Å². The first-order valence-electron chi connectivity index (χ1n) is 3.30. The Bertz CT molecular complexity index is 378. The van der Waals surface area contributed by atoms with Crippen LogP contribution >= 0.6 is 11.6 Å². The Morgan fingerprint density at radius 2 is 2.23 bits per heavy atom. The monoisotopic (exact) mass is 199 g/mol. The average molecular weight is 200 g/mol. The molecule has 0 amide bonds. The second kappa shape index (κ2) is 3.40. The predicted octanol–water partition coefficient (Wildman–Crippen LogP) is 1.83. The molecule has 1 aromatic rings. The normalized spacial score (nSPS) is 9.62. The Morgan fingerprint density at radius 3 is 2.69 bits per heavy atom. The minimum atomic E-state index is -0.585. The van der Waals surface area contributed by atoms with Gasteiger partial charge in [0, 0.05) is 23.9 Å². The number of nitrogens with zero attached hydrogens (tertiary/aromatic N) is 1. The first-order valence-corrected chi connectivity index (χ1v) is 3.68. The maximum absolute atomic E-state index is 10.4. The minimum Gasteiger partial charge on any atom is -0.397 e. The van der Waals surface area contributed by atoms with Gasteiger partial charge in [0.15, 0.2) is 0 Å². The Balaban J connectivity index is 3.38. The van der Waals surface area contributed by atoms with Crippen molar-refractivity contribution in [1.82, 2.24) is 0 Å². The number of rotatable bonds is 2. The second-order valence-electron chi connectivity index (χ2n) is 2.33. The van der Waals surface area contributed by atoms with Gasteiger partial charge in [-0.2, -0.15) is 0 Å². The van der Waals surface area contributed by atoms with E-state index in [2.05, 4.69) is 0 Å². The third-order valence-corrected chi connectivity index (χ3v) is 1.83. The van der Waals surface area contributed by atoms with Crippen LogP contribution in [0.5, 0.6) is 0 Å². The zero-order valence-corrected chi connectivity index (χ0v) is 7.21. The quantitative estimate of drug-likeness (QED) is 0.329. The van der Waals surface area contributed by atoms with Crippen molar-refractivity contribution in [2.45, 2.75) is 0 Å². The van der Waals surface area contributed by atoms with E-state index in [1.807, 2.05) is 0 Å². The lowest BCUT2D eigenvalue weighted by molar-refractivity contribution is -0.384. The van der Waals surface area contributed by atoms with Crippen LogP contribution in [-0.2, 0) is 0 Å². The fourth-order valence-electron chi connectivity index (χ4n) is 0.849. The number of nitrogens with two attached hydrogens (primary N) is 1. The van der Waals surface area contributed by atoms with E-state index in [4.69, 9.17) is 22.7 Å². The van der Waals surface area contributed by atoms with Crippen molar-refractivity contribution in [3.05, 3.63) is 32.8 Å². The Hall–Kier alpha value is -1.62. The van der Waals surface area contributed by atoms with Gasteiger partial charge in [0.25, 0.3) is 5.69 Å². The number of nitro benzene ring substituents is 1. The zero-order valence-electron chi connectivity index (χ0n) is 6.45. The van der Waals surface area contributed by atoms with E-state index in [9.17, 15) is 10.1 Å². The van der Waals surface area contributed by atoms with E-state index >= 15 is 0 Å². The molecule has 0 fully saturated rings. The van der Waals surface area contributed by atoms with E-state index < -0.39 is 4.92 Å². The highest BCUT2D eigenvalue weighted by atomic mass is 35.5. The summed E-state index contributed by atoms with van der Waals surface area (Å²) in [5.41, 5.74) is 5.72. The van der Waals surface area contributed by atoms with Gasteiger partial charge < -0.3 is 11.1 Å². The van der Waals surface area contributed by atoms with Gasteiger partial charge in [0.2, 0.25) is 0 Å². The number of nitro groups is 1. The fourth-order valence-corrected chi connectivity index (χ4v) is 1.07. The van der Waals surface area contributed by atoms with Crippen LogP contribution in [0, 0.1) is 15.5 Å². The first kappa shape index (κ1) is 9.47. The molecule has 68 valence electrons. The van der Waals surface area contributed by atoms with Crippen molar-refractivity contribution in [2.24, 2.45) is 0 Å². The predicted molar refractivity (Wildman–Crippen MR) is 50.4 cm³/mol. The van der Waals surface area contributed by atoms with Crippen molar-refractivity contribution < 1.29 is 4.92 Å². The van der Waals surface area contributed by atoms with Gasteiger partial charge in [0.1, 0.15) is 0 Å². The summed E-state index contributed by atoms with van der Waals surface area (Å²) in [5.74, 6) is 0. The lowest BCUT2D eigenvalue weighted by Crippen LogP contribution is -1.97. The average Bonchev–Trinajstić information content (AvgIpc) is 2.09. The molecule has 0 aliphatic rings. The molecule has 3 N–H and O–H groups in total. The van der Waals surface area contributed by atoms with Crippen molar-refractivity contribution in [2.75, 3.05) is 5.73 Å². The Kier molecular flexibility index (Phi) is 2.48. The van der Waals surface area contributed by atoms with Crippen LogP contribution in [0.15, 0.2) is 12.1 Å². The van der Waals surface area contributed by atoms with Crippen LogP contribution in [0.2, 0.25) is 5.02 Å². The number of hydrogen-bond acceptors (Lipinski definition) is 4. The molecule has 0 aliphatic carbocycles. The van der Waals surface area contributed by atoms with Crippen molar-refractivity contribution >= 4 is 29.2 Å². The van der Waals surface area contributed by atoms with Crippen LogP contribution < -0.4 is 5.73 Å². The molecule has 0 radical (unpaired) electrons. The fraction of sp³-hybridized carbons (Fsp3) is 0. The molecule has 0 unspecified atom stereocenters. The number of halogens is 1. The van der Waals surface area contributed by atoms with E-state index in [0.29, 0.717) is 0 Å². The van der Waals surface area contributed by atoms with E-state index in [1.54, 1.807) is 0 Å². The molecular formula is C7H6ClN3O2. The first-order chi connectivity index (χ1) is 6.06. The maximum atomic E-state index is 10.4. The van der Waals surface area contributed by atoms with Crippen molar-refractivity contribution in [3.8, 4) is 0 Å². The molecule has 0 heterocycles. The number of nitrogens with one attached hydrogen (secondary N) is 1. The second-order valence-corrected chi connectivity index (χ2v) is 2.74. The smallest absolute Gasteiger partial charge is 0.271 e. The topological polar surface area (TPSA) is 93.0 Å². The summed E-state index contributed by atoms with van der Waals surface area (Å²) >= 11 is 5.61. The summed E-state index contributed by atoms with van der Waals surface area (Å²) in [6, 6.07) is 2.36. The molecule has 0 aliphatic heterocycles. The van der Waals surface area contributed by atoms with E-state index in [0.717, 1.165) is 12.3 Å². The number of anilines is 1. The van der Waals surface area contributed by atoms with Gasteiger partial charge in [-0.3, -0.25) is 10.1 Å². The SMILES string of the molecule is N=Cc1cc([N+](=O)[O-])cc(Cl)c1N. The lowest BCUT2D eigenvalue weighted by atomic mass is 10.2. The van der Waals surface area contributed by atoms with Crippen LogP contribution in [0.25, 0.3) is 0 Å². The molecular weight excluding hydrogens is 194 g/mol. The van der Waals surface area contributed by atoms with Crippen LogP contribution in [0.3, 0.4) is 0 Å². The highest BCUT2D eigenvalue weighted by Gasteiger charge is 2.11. The number of benzene rings is 1. The molecule has 13 heavy (non-hydrogen) atoms. The van der Waals surface area contributed by atoms with E-state index in [-0.39, 0.29) is 22.0 Å². The molecule has 0 saturated carbocycles. The van der Waals surface area contributed by atoms with Gasteiger partial charge in [-0.25, -0.2) is 0 Å². The molecule has 1 aromatic carbocycles. The molecule has 0 saturated heterocycles. The maximum Gasteiger partial charge on any atom is 0.271 e. The zero-order chi connectivity index (χ0) is 10.0. The Labute approximate surface area is 78.8 Å². The summed E-state index contributed by atoms with van der Waals surface area (Å²) < 4.78 is 0. The Morgan fingerprint density at radius 1 is 1.62 bits per heavy atom. The van der Waals surface area contributed by atoms with Crippen LogP contribution in [0.1, 0.15) is 5.56 Å². The minimum absolute atomic E-state index is 0.0905. The lowest BCUT2D eigenvalue weighted by Gasteiger charge is -2.01. The number of non-ortho nitro benzene ring substituents is 1. The molecule has 6 heteroatoms. The molecule has 0 bridgehead atoms. The van der Waals surface area contributed by atoms with Gasteiger partial charge in [-0.1, -0.05) is 11.6 Å². The molecule has 1 rings (SSSR count). The molecule has 5 nitrogen and oxygen atoms in total. The number of nitrogen functional groups attached to an aromatic ring is 1. The summed E-state index contributed by atoms with van der Waals surface area (Å²) in [6.45, 7) is 0. The van der Waals surface area contributed by atoms with Crippen molar-refractivity contribution in [1.29, 1.82) is 5.41 Å². The summed E-state index contributed by atoms with van der Waals surface area (Å²) in [5, 5.41) is 17.4. The van der Waals surface area contributed by atoms with Gasteiger partial charge in [-0.15, -0.1) is 0 Å². The van der Waals surface area contributed by atoms with Gasteiger partial charge in [0.05, 0.1) is 15.6 Å². The molecule has 0 atom stereocenters. The number of hydrogen-bond donors (Lipinski definition) is 2. The third-order valence-electron chi connectivity index (χ3n) is 1.51. The van der Waals surface area contributed by atoms with Crippen LogP contribution in [0.4, 0.5) is 11.4 Å². The highest BCUT2D eigenvalue weighted by Crippen LogP contribution is 2.27. The summed E-state index contributed by atoms with van der Waals surface area (Å²) in [4.78, 5) is 9.78. The molecule has 0 spiro atoms. The highest BCUT2D eigenvalue weighted by molar-refractivity contribution is 6.34. The molecule has 0 aromatic heterocycles. The third kappa shape index (κ3) is 1.75. The standard InChI is InChI=1S/C7H6ClN3O2/c8-6-2-5(11(12)13)1-4(3-9)7(6)10/h1-3,9H,10H2.